The van der Waals surface area contributed by atoms with E-state index in [-0.39, 0.29) is 35.5 Å². The molecule has 1 atom stereocenters. The molecule has 0 aliphatic heterocycles. The Morgan fingerprint density at radius 3 is 1.42 bits per heavy atom. The van der Waals surface area contributed by atoms with Crippen molar-refractivity contribution in [2.45, 2.75) is 123 Å². The first-order valence-corrected chi connectivity index (χ1v) is 10.6. The first kappa shape index (κ1) is 28.2. The van der Waals surface area contributed by atoms with Gasteiger partial charge < -0.3 is 15.2 Å². The molecule has 0 aromatic carbocycles. The Kier molecular flexibility index (Phi) is 23.0. The van der Waals surface area contributed by atoms with Gasteiger partial charge in [0.05, 0.1) is 12.0 Å². The molecule has 0 fully saturated rings. The van der Waals surface area contributed by atoms with Gasteiger partial charge in [-0.2, -0.15) is 0 Å². The van der Waals surface area contributed by atoms with E-state index in [0.717, 1.165) is 12.8 Å². The molecule has 0 saturated heterocycles. The second kappa shape index (κ2) is 21.2. The zero-order chi connectivity index (χ0) is 18.8. The summed E-state index contributed by atoms with van der Waals surface area (Å²) < 4.78 is 0. The summed E-state index contributed by atoms with van der Waals surface area (Å²) in [5.41, 5.74) is 0. The molecule has 0 spiro atoms. The fraction of sp³-hybridized carbons (Fsp3) is 0.905. The molecule has 0 heterocycles. The van der Waals surface area contributed by atoms with Gasteiger partial charge in [0.15, 0.2) is 0 Å². The van der Waals surface area contributed by atoms with Crippen LogP contribution in [-0.4, -0.2) is 17.9 Å². The van der Waals surface area contributed by atoms with Crippen molar-refractivity contribution in [2.75, 3.05) is 0 Å². The molecule has 148 valence electrons. The molecule has 0 aliphatic carbocycles. The van der Waals surface area contributed by atoms with E-state index < -0.39 is 12.0 Å². The molecule has 0 aliphatic rings. The Labute approximate surface area is 183 Å². The summed E-state index contributed by atoms with van der Waals surface area (Å²) in [6, 6.07) is -0.899. The Balaban J connectivity index is 0. The van der Waals surface area contributed by atoms with Crippen molar-refractivity contribution < 1.29 is 44.3 Å². The summed E-state index contributed by atoms with van der Waals surface area (Å²) in [6.07, 6.45) is 19.8. The fourth-order valence-electron chi connectivity index (χ4n) is 3.03. The van der Waals surface area contributed by atoms with E-state index in [0.29, 0.717) is 6.42 Å². The normalized spacial score (nSPS) is 11.6. The first-order valence-electron chi connectivity index (χ1n) is 10.6. The number of aliphatic carboxylic acids is 1. The summed E-state index contributed by atoms with van der Waals surface area (Å²) in [6.45, 7) is 3.69. The number of unbranched alkanes of at least 4 members (excludes halogenated alkanes) is 14. The van der Waals surface area contributed by atoms with Gasteiger partial charge in [0.25, 0.3) is 0 Å². The molecule has 0 aromatic heterocycles. The summed E-state index contributed by atoms with van der Waals surface area (Å²) >= 11 is 0. The minimum Gasteiger partial charge on any atom is -0.548 e. The number of nitrogens with one attached hydrogen (secondary N) is 1. The largest absolute Gasteiger partial charge is 1.00 e. The van der Waals surface area contributed by atoms with E-state index in [1.807, 2.05) is 0 Å². The van der Waals surface area contributed by atoms with Crippen LogP contribution in [0, 0.1) is 0 Å². The standard InChI is InChI=1S/C21H41NO3.Na/c1-3-4-5-6-7-8-9-10-11-12-13-14-15-16-17-18-20(23)22-19(2)21(24)25;/h19H,3-18H2,1-2H3,(H,22,23)(H,24,25);/q;+1/p-1/t19-;/m0./s1. The SMILES string of the molecule is CCCCCCCCCCCCCCCCCC(=O)N[C@@H](C)C(=O)[O-].[Na+]. The van der Waals surface area contributed by atoms with Crippen LogP contribution in [0.25, 0.3) is 0 Å². The monoisotopic (exact) mass is 377 g/mol. The van der Waals surface area contributed by atoms with Crippen LogP contribution in [0.4, 0.5) is 0 Å². The number of carbonyl (C=O) groups is 2. The van der Waals surface area contributed by atoms with Gasteiger partial charge in [-0.15, -0.1) is 0 Å². The van der Waals surface area contributed by atoms with E-state index >= 15 is 0 Å². The van der Waals surface area contributed by atoms with Crippen LogP contribution >= 0.6 is 0 Å². The van der Waals surface area contributed by atoms with Gasteiger partial charge in [0, 0.05) is 6.42 Å². The predicted octanol–water partition coefficient (Wildman–Crippen LogP) is 1.51. The van der Waals surface area contributed by atoms with E-state index in [1.54, 1.807) is 0 Å². The number of rotatable bonds is 18. The van der Waals surface area contributed by atoms with Crippen molar-refractivity contribution in [1.82, 2.24) is 5.32 Å². The van der Waals surface area contributed by atoms with Crippen LogP contribution in [0.1, 0.15) is 117 Å². The van der Waals surface area contributed by atoms with E-state index in [1.165, 1.54) is 90.4 Å². The van der Waals surface area contributed by atoms with Crippen LogP contribution in [0.5, 0.6) is 0 Å². The summed E-state index contributed by atoms with van der Waals surface area (Å²) in [5.74, 6) is -1.42. The van der Waals surface area contributed by atoms with Gasteiger partial charge in [-0.1, -0.05) is 96.8 Å². The molecule has 1 amide bonds. The number of carbonyl (C=O) groups excluding carboxylic acids is 2. The molecule has 1 N–H and O–H groups in total. The third kappa shape index (κ3) is 20.3. The zero-order valence-corrected chi connectivity index (χ0v) is 19.6. The third-order valence-electron chi connectivity index (χ3n) is 4.74. The molecular weight excluding hydrogens is 337 g/mol. The molecule has 0 radical (unpaired) electrons. The first-order chi connectivity index (χ1) is 12.1. The number of carboxylic acids is 1. The minimum atomic E-state index is -1.23. The van der Waals surface area contributed by atoms with Gasteiger partial charge in [-0.25, -0.2) is 0 Å². The molecule has 0 bridgehead atoms. The Morgan fingerprint density at radius 2 is 1.08 bits per heavy atom. The second-order valence-electron chi connectivity index (χ2n) is 7.31. The van der Waals surface area contributed by atoms with Gasteiger partial charge in [-0.3, -0.25) is 4.79 Å². The second-order valence-corrected chi connectivity index (χ2v) is 7.31. The van der Waals surface area contributed by atoms with Crippen molar-refractivity contribution in [1.29, 1.82) is 0 Å². The molecule has 26 heavy (non-hydrogen) atoms. The van der Waals surface area contributed by atoms with Crippen molar-refractivity contribution >= 4 is 11.9 Å². The quantitative estimate of drug-likeness (QED) is 0.291. The topological polar surface area (TPSA) is 69.2 Å². The predicted molar refractivity (Wildman–Crippen MR) is 102 cm³/mol. The van der Waals surface area contributed by atoms with Crippen molar-refractivity contribution in [2.24, 2.45) is 0 Å². The summed E-state index contributed by atoms with van der Waals surface area (Å²) in [7, 11) is 0. The van der Waals surface area contributed by atoms with Gasteiger partial charge >= 0.3 is 29.6 Å². The van der Waals surface area contributed by atoms with Crippen molar-refractivity contribution in [3.63, 3.8) is 0 Å². The number of hydrogen-bond donors (Lipinski definition) is 1. The third-order valence-corrected chi connectivity index (χ3v) is 4.74. The Morgan fingerprint density at radius 1 is 0.731 bits per heavy atom. The van der Waals surface area contributed by atoms with Crippen LogP contribution in [0.2, 0.25) is 0 Å². The Hall–Kier alpha value is -0.0600. The maximum Gasteiger partial charge on any atom is 1.00 e. The maximum absolute atomic E-state index is 11.5. The summed E-state index contributed by atoms with van der Waals surface area (Å²) in [5, 5.41) is 12.9. The number of hydrogen-bond acceptors (Lipinski definition) is 3. The summed E-state index contributed by atoms with van der Waals surface area (Å²) in [4.78, 5) is 22.0. The number of carboxylic acid groups (broad SMARTS) is 1. The van der Waals surface area contributed by atoms with Crippen LogP contribution in [0.15, 0.2) is 0 Å². The van der Waals surface area contributed by atoms with Gasteiger partial charge in [0.1, 0.15) is 0 Å². The molecule has 5 heteroatoms. The maximum atomic E-state index is 11.5. The zero-order valence-electron chi connectivity index (χ0n) is 17.6. The van der Waals surface area contributed by atoms with E-state index in [9.17, 15) is 14.7 Å². The van der Waals surface area contributed by atoms with Crippen LogP contribution in [-0.2, 0) is 9.59 Å². The molecule has 0 rings (SSSR count). The number of amides is 1. The van der Waals surface area contributed by atoms with Crippen molar-refractivity contribution in [3.05, 3.63) is 0 Å². The van der Waals surface area contributed by atoms with Gasteiger partial charge in [0.2, 0.25) is 5.91 Å². The Bertz CT molecular complexity index is 337. The average Bonchev–Trinajstić information content (AvgIpc) is 2.58. The van der Waals surface area contributed by atoms with E-state index in [2.05, 4.69) is 12.2 Å². The van der Waals surface area contributed by atoms with Crippen LogP contribution in [0.3, 0.4) is 0 Å². The fourth-order valence-corrected chi connectivity index (χ4v) is 3.03. The molecule has 4 nitrogen and oxygen atoms in total. The van der Waals surface area contributed by atoms with Crippen molar-refractivity contribution in [3.8, 4) is 0 Å². The van der Waals surface area contributed by atoms with E-state index in [4.69, 9.17) is 0 Å². The molecular formula is C21H40NNaO3. The molecule has 0 unspecified atom stereocenters. The van der Waals surface area contributed by atoms with Gasteiger partial charge in [-0.05, 0) is 13.3 Å². The molecule has 0 saturated carbocycles. The minimum absolute atomic E-state index is 0. The smallest absolute Gasteiger partial charge is 0.548 e. The van der Waals surface area contributed by atoms with Crippen LogP contribution < -0.4 is 40.0 Å². The average molecular weight is 378 g/mol. The molecule has 0 aromatic rings.